The molecule has 0 aliphatic carbocycles. The van der Waals surface area contributed by atoms with Crippen molar-refractivity contribution >= 4 is 79.1 Å². The molecule has 264 valence electrons. The Balaban J connectivity index is 1.17. The van der Waals surface area contributed by atoms with Gasteiger partial charge in [0, 0.05) is 11.3 Å². The fourth-order valence-corrected chi connectivity index (χ4v) is 13.3. The normalized spacial score (nSPS) is 12.4. The zero-order valence-electron chi connectivity index (χ0n) is 30.2. The second kappa shape index (κ2) is 12.9. The smallest absolute Gasteiger partial charge is 0.246 e. The Bertz CT molecular complexity index is 2920. The number of benzene rings is 8. The fraction of sp³-hybridized carbons (Fsp3) is 0. The van der Waals surface area contributed by atoms with E-state index in [9.17, 15) is 0 Å². The van der Waals surface area contributed by atoms with Crippen molar-refractivity contribution < 1.29 is 9.15 Å². The third-order valence-electron chi connectivity index (χ3n) is 11.0. The predicted molar refractivity (Wildman–Crippen MR) is 231 cm³/mol. The molecule has 1 aliphatic rings. The van der Waals surface area contributed by atoms with Crippen LogP contribution in [0.15, 0.2) is 205 Å². The van der Waals surface area contributed by atoms with Crippen molar-refractivity contribution in [2.45, 2.75) is 0 Å². The Labute approximate surface area is 324 Å². The highest BCUT2D eigenvalue weighted by atomic mass is 28.3. The number of rotatable bonds is 6. The number of nitrogens with zero attached hydrogens (tertiary/aromatic N) is 3. The van der Waals surface area contributed by atoms with Crippen LogP contribution in [0.2, 0.25) is 0 Å². The van der Waals surface area contributed by atoms with Gasteiger partial charge in [0.1, 0.15) is 11.1 Å². The summed E-state index contributed by atoms with van der Waals surface area (Å²) in [5.74, 6) is 1.59. The molecular weight excluding hydrogens is 703 g/mol. The summed E-state index contributed by atoms with van der Waals surface area (Å²) >= 11 is 0. The topological polar surface area (TPSA) is 51.4 Å². The summed E-state index contributed by atoms with van der Waals surface area (Å²) < 4.78 is 13.1. The predicted octanol–water partition coefficient (Wildman–Crippen LogP) is 10.1. The average molecular weight is 736 g/mol. The second-order valence-corrected chi connectivity index (χ2v) is 17.9. The molecule has 0 spiro atoms. The van der Waals surface area contributed by atoms with Crippen molar-refractivity contribution in [1.82, 2.24) is 9.97 Å². The van der Waals surface area contributed by atoms with Crippen LogP contribution >= 0.6 is 0 Å². The lowest BCUT2D eigenvalue weighted by Gasteiger charge is -2.34. The highest BCUT2D eigenvalue weighted by Crippen LogP contribution is 2.51. The monoisotopic (exact) mass is 735 g/mol. The summed E-state index contributed by atoms with van der Waals surface area (Å²) in [7, 11) is -2.71. The molecule has 0 saturated carbocycles. The summed E-state index contributed by atoms with van der Waals surface area (Å²) in [6.45, 7) is 0. The third-order valence-corrected chi connectivity index (χ3v) is 15.8. The number of fused-ring (bicyclic) bond motifs is 6. The molecule has 8 aromatic carbocycles. The summed E-state index contributed by atoms with van der Waals surface area (Å²) in [6, 6.07) is 71.0. The van der Waals surface area contributed by atoms with Crippen LogP contribution in [0.3, 0.4) is 0 Å². The van der Waals surface area contributed by atoms with Gasteiger partial charge in [0.05, 0.1) is 27.8 Å². The van der Waals surface area contributed by atoms with Gasteiger partial charge in [-0.05, 0) is 74.8 Å². The Morgan fingerprint density at radius 3 is 1.50 bits per heavy atom. The van der Waals surface area contributed by atoms with Crippen molar-refractivity contribution in [2.75, 3.05) is 4.90 Å². The average Bonchev–Trinajstić information content (AvgIpc) is 3.63. The van der Waals surface area contributed by atoms with Crippen molar-refractivity contribution in [3.63, 3.8) is 0 Å². The van der Waals surface area contributed by atoms with E-state index in [1.165, 1.54) is 20.7 Å². The molecule has 0 fully saturated rings. The minimum Gasteiger partial charge on any atom is -0.453 e. The molecule has 11 rings (SSSR count). The number of hydrogen-bond acceptors (Lipinski definition) is 5. The largest absolute Gasteiger partial charge is 0.453 e. The Hall–Kier alpha value is -7.28. The molecule has 0 radical (unpaired) electrons. The fourth-order valence-electron chi connectivity index (χ4n) is 8.52. The first-order chi connectivity index (χ1) is 27.8. The zero-order valence-corrected chi connectivity index (χ0v) is 31.2. The van der Waals surface area contributed by atoms with E-state index < -0.39 is 8.07 Å². The third kappa shape index (κ3) is 5.00. The Morgan fingerprint density at radius 2 is 0.929 bits per heavy atom. The van der Waals surface area contributed by atoms with Gasteiger partial charge >= 0.3 is 0 Å². The first-order valence-electron chi connectivity index (χ1n) is 18.8. The quantitative estimate of drug-likeness (QED) is 0.126. The summed E-state index contributed by atoms with van der Waals surface area (Å²) in [5, 5.41) is 6.20. The molecule has 10 aromatic rings. The molecule has 2 aromatic heterocycles. The van der Waals surface area contributed by atoms with Gasteiger partial charge in [-0.25, -0.2) is 9.97 Å². The SMILES string of the molecule is c1ccc([Si](c2ccccc2)(c2ccccc2)c2ccc(-c3cc(N4c5ccccc5Oc5ccccc54)cc4c3oc3nc5ccccc5nc34)cc2)cc1. The minimum absolute atomic E-state index is 0.514. The van der Waals surface area contributed by atoms with Gasteiger partial charge in [-0.3, -0.25) is 0 Å². The molecule has 0 amide bonds. The Morgan fingerprint density at radius 1 is 0.446 bits per heavy atom. The summed E-state index contributed by atoms with van der Waals surface area (Å²) in [4.78, 5) is 12.4. The molecule has 6 heteroatoms. The number of aromatic nitrogens is 2. The number of hydrogen-bond donors (Lipinski definition) is 0. The van der Waals surface area contributed by atoms with Crippen LogP contribution in [-0.2, 0) is 0 Å². The standard InChI is InChI=1S/C50H33N3O2Si/c1-4-16-36(17-5-1)56(37-18-6-2-7-19-37,38-20-8-3-9-21-38)39-30-28-34(29-31-39)40-32-35(53-44-24-12-14-26-46(44)54-47-27-15-13-25-45(47)53)33-41-48-50(55-49(40)41)52-43-23-11-10-22-42(43)51-48/h1-33H. The van der Waals surface area contributed by atoms with Crippen molar-refractivity contribution in [2.24, 2.45) is 0 Å². The summed E-state index contributed by atoms with van der Waals surface area (Å²) in [6.07, 6.45) is 0. The van der Waals surface area contributed by atoms with Gasteiger partial charge in [-0.2, -0.15) is 0 Å². The lowest BCUT2D eigenvalue weighted by Crippen LogP contribution is -2.74. The number of anilines is 3. The van der Waals surface area contributed by atoms with E-state index in [1.807, 2.05) is 48.5 Å². The number of furan rings is 1. The lowest BCUT2D eigenvalue weighted by molar-refractivity contribution is 0.477. The number of para-hydroxylation sites is 6. The maximum atomic E-state index is 6.72. The zero-order chi connectivity index (χ0) is 37.1. The van der Waals surface area contributed by atoms with Crippen LogP contribution in [-0.4, -0.2) is 18.0 Å². The molecule has 3 heterocycles. The first kappa shape index (κ1) is 32.2. The Kier molecular flexibility index (Phi) is 7.43. The van der Waals surface area contributed by atoms with Crippen molar-refractivity contribution in [3.05, 3.63) is 200 Å². The molecule has 0 atom stereocenters. The highest BCUT2D eigenvalue weighted by Gasteiger charge is 2.41. The summed E-state index contributed by atoms with van der Waals surface area (Å²) in [5.41, 5.74) is 8.50. The van der Waals surface area contributed by atoms with Gasteiger partial charge < -0.3 is 14.1 Å². The van der Waals surface area contributed by atoms with Crippen LogP contribution in [0.4, 0.5) is 17.1 Å². The second-order valence-electron chi connectivity index (χ2n) is 14.1. The van der Waals surface area contributed by atoms with E-state index >= 15 is 0 Å². The molecular formula is C50H33N3O2Si. The van der Waals surface area contributed by atoms with Crippen LogP contribution in [0.25, 0.3) is 44.4 Å². The van der Waals surface area contributed by atoms with E-state index in [-0.39, 0.29) is 0 Å². The van der Waals surface area contributed by atoms with E-state index in [4.69, 9.17) is 19.1 Å². The molecule has 0 saturated heterocycles. The van der Waals surface area contributed by atoms with E-state index in [0.717, 1.165) is 67.2 Å². The maximum Gasteiger partial charge on any atom is 0.246 e. The lowest BCUT2D eigenvalue weighted by atomic mass is 10.0. The molecule has 56 heavy (non-hydrogen) atoms. The molecule has 5 nitrogen and oxygen atoms in total. The molecule has 0 bridgehead atoms. The van der Waals surface area contributed by atoms with E-state index in [1.54, 1.807) is 0 Å². The molecule has 0 unspecified atom stereocenters. The van der Waals surface area contributed by atoms with Crippen LogP contribution in [0.5, 0.6) is 11.5 Å². The van der Waals surface area contributed by atoms with Gasteiger partial charge in [-0.15, -0.1) is 0 Å². The van der Waals surface area contributed by atoms with Crippen molar-refractivity contribution in [1.29, 1.82) is 0 Å². The first-order valence-corrected chi connectivity index (χ1v) is 20.8. The van der Waals surface area contributed by atoms with Gasteiger partial charge in [0.2, 0.25) is 5.71 Å². The van der Waals surface area contributed by atoms with Crippen LogP contribution in [0, 0.1) is 0 Å². The minimum atomic E-state index is -2.71. The molecule has 0 N–H and O–H groups in total. The van der Waals surface area contributed by atoms with Crippen LogP contribution in [0.1, 0.15) is 0 Å². The van der Waals surface area contributed by atoms with Gasteiger partial charge in [0.15, 0.2) is 19.6 Å². The maximum absolute atomic E-state index is 6.72. The van der Waals surface area contributed by atoms with Gasteiger partial charge in [-0.1, -0.05) is 152 Å². The highest BCUT2D eigenvalue weighted by molar-refractivity contribution is 7.19. The van der Waals surface area contributed by atoms with Gasteiger partial charge in [0.25, 0.3) is 0 Å². The van der Waals surface area contributed by atoms with E-state index in [2.05, 4.69) is 157 Å². The number of ether oxygens (including phenoxy) is 1. The van der Waals surface area contributed by atoms with Crippen molar-refractivity contribution in [3.8, 4) is 22.6 Å². The van der Waals surface area contributed by atoms with E-state index in [0.29, 0.717) is 5.71 Å². The van der Waals surface area contributed by atoms with Crippen LogP contribution < -0.4 is 30.4 Å². The molecule has 1 aliphatic heterocycles.